The maximum atomic E-state index is 13.2. The summed E-state index contributed by atoms with van der Waals surface area (Å²) in [6.07, 6.45) is 0. The topological polar surface area (TPSA) is 50.8 Å². The highest BCUT2D eigenvalue weighted by Gasteiger charge is 2.35. The van der Waals surface area contributed by atoms with E-state index in [1.54, 1.807) is 6.07 Å². The monoisotopic (exact) mass is 386 g/mol. The Morgan fingerprint density at radius 1 is 1.14 bits per heavy atom. The molecule has 0 atom stereocenters. The molecule has 3 rings (SSSR count). The number of rotatable bonds is 7. The predicted octanol–water partition coefficient (Wildman–Crippen LogP) is 3.13. The van der Waals surface area contributed by atoms with Crippen LogP contribution < -0.4 is 10.1 Å². The third-order valence-electron chi connectivity index (χ3n) is 5.03. The zero-order valence-electron chi connectivity index (χ0n) is 16.4. The first kappa shape index (κ1) is 20.3. The number of nitrogens with zero attached hydrogens (tertiary/aromatic N) is 1. The number of hydrogen-bond donors (Lipinski definition) is 1. The number of halogens is 1. The van der Waals surface area contributed by atoms with Crippen LogP contribution in [-0.2, 0) is 22.7 Å². The van der Waals surface area contributed by atoms with Crippen LogP contribution in [0.2, 0.25) is 0 Å². The van der Waals surface area contributed by atoms with Gasteiger partial charge in [0, 0.05) is 19.6 Å². The lowest BCUT2D eigenvalue weighted by atomic mass is 10.0. The van der Waals surface area contributed by atoms with Crippen LogP contribution in [0.1, 0.15) is 25.0 Å². The van der Waals surface area contributed by atoms with Gasteiger partial charge in [0.1, 0.15) is 18.2 Å². The Hall–Kier alpha value is -2.44. The molecule has 5 nitrogen and oxygen atoms in total. The van der Waals surface area contributed by atoms with E-state index in [4.69, 9.17) is 9.47 Å². The van der Waals surface area contributed by atoms with Crippen molar-refractivity contribution in [1.82, 2.24) is 10.2 Å². The van der Waals surface area contributed by atoms with Gasteiger partial charge in [0.05, 0.1) is 18.8 Å². The molecule has 2 aromatic rings. The minimum Gasteiger partial charge on any atom is -0.489 e. The fourth-order valence-electron chi connectivity index (χ4n) is 3.16. The van der Waals surface area contributed by atoms with Crippen molar-refractivity contribution in [3.8, 4) is 5.75 Å². The van der Waals surface area contributed by atoms with Gasteiger partial charge in [-0.05, 0) is 49.2 Å². The fraction of sp³-hybridized carbons (Fsp3) is 0.409. The molecule has 0 aliphatic carbocycles. The zero-order valence-corrected chi connectivity index (χ0v) is 16.4. The molecule has 1 saturated heterocycles. The molecule has 0 bridgehead atoms. The normalized spacial score (nSPS) is 15.2. The predicted molar refractivity (Wildman–Crippen MR) is 105 cm³/mol. The van der Waals surface area contributed by atoms with Crippen LogP contribution in [0.15, 0.2) is 48.5 Å². The summed E-state index contributed by atoms with van der Waals surface area (Å²) >= 11 is 0. The quantitative estimate of drug-likeness (QED) is 0.794. The average molecular weight is 386 g/mol. The molecule has 0 spiro atoms. The van der Waals surface area contributed by atoms with E-state index in [0.717, 1.165) is 24.2 Å². The molecule has 1 heterocycles. The van der Waals surface area contributed by atoms with Gasteiger partial charge in [-0.25, -0.2) is 4.39 Å². The van der Waals surface area contributed by atoms with Crippen LogP contribution in [0.5, 0.6) is 5.75 Å². The highest BCUT2D eigenvalue weighted by Crippen LogP contribution is 2.18. The molecule has 1 aliphatic heterocycles. The Labute approximate surface area is 165 Å². The maximum Gasteiger partial charge on any atom is 0.240 e. The van der Waals surface area contributed by atoms with Gasteiger partial charge < -0.3 is 14.8 Å². The lowest BCUT2D eigenvalue weighted by molar-refractivity contribution is -0.134. The number of hydrogen-bond acceptors (Lipinski definition) is 4. The highest BCUT2D eigenvalue weighted by atomic mass is 19.1. The van der Waals surface area contributed by atoms with Crippen molar-refractivity contribution < 1.29 is 18.7 Å². The van der Waals surface area contributed by atoms with E-state index < -0.39 is 5.54 Å². The molecule has 0 radical (unpaired) electrons. The molecular weight excluding hydrogens is 359 g/mol. The Balaban J connectivity index is 1.49. The van der Waals surface area contributed by atoms with Crippen molar-refractivity contribution in [2.24, 2.45) is 0 Å². The number of carbonyl (C=O) groups excluding carboxylic acids is 1. The number of ether oxygens (including phenoxy) is 2. The van der Waals surface area contributed by atoms with Gasteiger partial charge in [0.2, 0.25) is 5.91 Å². The summed E-state index contributed by atoms with van der Waals surface area (Å²) in [5, 5.41) is 3.02. The smallest absolute Gasteiger partial charge is 0.240 e. The zero-order chi connectivity index (χ0) is 20.0. The summed E-state index contributed by atoms with van der Waals surface area (Å²) < 4.78 is 24.3. The van der Waals surface area contributed by atoms with Gasteiger partial charge in [-0.15, -0.1) is 0 Å². The second kappa shape index (κ2) is 9.17. The second-order valence-electron chi connectivity index (χ2n) is 7.40. The number of carbonyl (C=O) groups is 1. The third kappa shape index (κ3) is 5.30. The molecule has 1 N–H and O–H groups in total. The molecule has 6 heteroatoms. The third-order valence-corrected chi connectivity index (χ3v) is 5.03. The highest BCUT2D eigenvalue weighted by molar-refractivity contribution is 5.85. The number of benzene rings is 2. The Bertz CT molecular complexity index is 787. The summed E-state index contributed by atoms with van der Waals surface area (Å²) in [6.45, 7) is 7.49. The average Bonchev–Trinajstić information content (AvgIpc) is 2.72. The van der Waals surface area contributed by atoms with E-state index in [0.29, 0.717) is 32.1 Å². The molecule has 1 amide bonds. The molecule has 2 aromatic carbocycles. The Morgan fingerprint density at radius 2 is 1.86 bits per heavy atom. The summed E-state index contributed by atoms with van der Waals surface area (Å²) in [5.74, 6) is 0.431. The summed E-state index contributed by atoms with van der Waals surface area (Å²) in [7, 11) is 0. The van der Waals surface area contributed by atoms with Gasteiger partial charge in [-0.1, -0.05) is 24.3 Å². The first-order valence-electron chi connectivity index (χ1n) is 9.52. The number of amides is 1. The molecule has 1 aliphatic rings. The van der Waals surface area contributed by atoms with Gasteiger partial charge in [0.25, 0.3) is 0 Å². The Kier molecular flexibility index (Phi) is 6.65. The van der Waals surface area contributed by atoms with Crippen LogP contribution in [0, 0.1) is 5.82 Å². The number of morpholine rings is 1. The molecule has 0 unspecified atom stereocenters. The van der Waals surface area contributed by atoms with E-state index >= 15 is 0 Å². The fourth-order valence-corrected chi connectivity index (χ4v) is 3.16. The molecule has 150 valence electrons. The molecular formula is C22H27FN2O3. The largest absolute Gasteiger partial charge is 0.489 e. The minimum atomic E-state index is -0.572. The SMILES string of the molecule is CC(C)(C(=O)NCc1ccc(OCc2cccc(F)c2)cc1)N1CCOCC1. The van der Waals surface area contributed by atoms with E-state index in [1.807, 2.05) is 44.2 Å². The van der Waals surface area contributed by atoms with Crippen molar-refractivity contribution >= 4 is 5.91 Å². The van der Waals surface area contributed by atoms with Crippen LogP contribution in [0.3, 0.4) is 0 Å². The summed E-state index contributed by atoms with van der Waals surface area (Å²) in [4.78, 5) is 14.8. The van der Waals surface area contributed by atoms with Crippen LogP contribution in [0.25, 0.3) is 0 Å². The van der Waals surface area contributed by atoms with E-state index in [-0.39, 0.29) is 11.7 Å². The number of nitrogens with one attached hydrogen (secondary N) is 1. The van der Waals surface area contributed by atoms with Crippen LogP contribution in [0.4, 0.5) is 4.39 Å². The Morgan fingerprint density at radius 3 is 2.54 bits per heavy atom. The van der Waals surface area contributed by atoms with Crippen molar-refractivity contribution in [3.63, 3.8) is 0 Å². The van der Waals surface area contributed by atoms with Crippen molar-refractivity contribution in [1.29, 1.82) is 0 Å². The van der Waals surface area contributed by atoms with Gasteiger partial charge in [0.15, 0.2) is 0 Å². The van der Waals surface area contributed by atoms with E-state index in [1.165, 1.54) is 12.1 Å². The first-order valence-corrected chi connectivity index (χ1v) is 9.52. The van der Waals surface area contributed by atoms with E-state index in [9.17, 15) is 9.18 Å². The summed E-state index contributed by atoms with van der Waals surface area (Å²) in [5.41, 5.74) is 1.20. The first-order chi connectivity index (χ1) is 13.4. The standard InChI is InChI=1S/C22H27FN2O3/c1-22(2,25-10-12-27-13-11-25)21(26)24-15-17-6-8-20(9-7-17)28-16-18-4-3-5-19(23)14-18/h3-9,14H,10-13,15-16H2,1-2H3,(H,24,26). The molecule has 1 fully saturated rings. The van der Waals surface area contributed by atoms with Gasteiger partial charge >= 0.3 is 0 Å². The lowest BCUT2D eigenvalue weighted by Crippen LogP contribution is -2.57. The van der Waals surface area contributed by atoms with E-state index in [2.05, 4.69) is 10.2 Å². The lowest BCUT2D eigenvalue weighted by Gasteiger charge is -2.39. The molecule has 28 heavy (non-hydrogen) atoms. The van der Waals surface area contributed by atoms with Crippen molar-refractivity contribution in [2.45, 2.75) is 32.5 Å². The minimum absolute atomic E-state index is 0.000769. The van der Waals surface area contributed by atoms with Crippen molar-refractivity contribution in [2.75, 3.05) is 26.3 Å². The molecule has 0 aromatic heterocycles. The van der Waals surface area contributed by atoms with Crippen LogP contribution >= 0.6 is 0 Å². The molecule has 0 saturated carbocycles. The van der Waals surface area contributed by atoms with Gasteiger partial charge in [-0.3, -0.25) is 9.69 Å². The summed E-state index contributed by atoms with van der Waals surface area (Å²) in [6, 6.07) is 13.9. The maximum absolute atomic E-state index is 13.2. The second-order valence-corrected chi connectivity index (χ2v) is 7.40. The van der Waals surface area contributed by atoms with Gasteiger partial charge in [-0.2, -0.15) is 0 Å². The van der Waals surface area contributed by atoms with Crippen LogP contribution in [-0.4, -0.2) is 42.6 Å². The van der Waals surface area contributed by atoms with Crippen molar-refractivity contribution in [3.05, 3.63) is 65.5 Å².